The summed E-state index contributed by atoms with van der Waals surface area (Å²) in [4.78, 5) is 28.6. The first-order valence-corrected chi connectivity index (χ1v) is 13.9. The number of hydrogen-bond acceptors (Lipinski definition) is 4. The number of benzene rings is 1. The fraction of sp³-hybridized carbons (Fsp3) is 0.387. The molecule has 1 aromatic carbocycles. The molecule has 3 unspecified atom stereocenters. The Bertz CT molecular complexity index is 1680. The summed E-state index contributed by atoms with van der Waals surface area (Å²) in [6, 6.07) is 15.0. The number of rotatable bonds is 4. The van der Waals surface area contributed by atoms with Gasteiger partial charge < -0.3 is 14.5 Å². The lowest BCUT2D eigenvalue weighted by Crippen LogP contribution is -2.31. The minimum atomic E-state index is -0.0853. The number of hydrogen-bond donors (Lipinski definition) is 1. The van der Waals surface area contributed by atoms with Crippen LogP contribution in [0.5, 0.6) is 0 Å². The quantitative estimate of drug-likeness (QED) is 0.459. The lowest BCUT2D eigenvalue weighted by atomic mass is 9.93. The number of anilines is 1. The Kier molecular flexibility index (Phi) is 5.42. The van der Waals surface area contributed by atoms with Gasteiger partial charge >= 0.3 is 5.69 Å². The van der Waals surface area contributed by atoms with E-state index in [-0.39, 0.29) is 17.1 Å². The molecule has 0 spiro atoms. The van der Waals surface area contributed by atoms with Crippen molar-refractivity contribution in [2.75, 3.05) is 18.0 Å². The number of pyridine rings is 1. The number of imidazole rings is 1. The van der Waals surface area contributed by atoms with Gasteiger partial charge in [-0.05, 0) is 73.2 Å². The van der Waals surface area contributed by atoms with E-state index in [0.29, 0.717) is 0 Å². The van der Waals surface area contributed by atoms with Crippen LogP contribution in [0.3, 0.4) is 0 Å². The highest BCUT2D eigenvalue weighted by atomic mass is 16.1. The molecule has 1 saturated heterocycles. The molecule has 3 aliphatic rings. The monoisotopic (exact) mass is 506 g/mol. The number of H-pyrrole nitrogens is 1. The molecule has 7 rings (SSSR count). The van der Waals surface area contributed by atoms with Gasteiger partial charge in [0.1, 0.15) is 5.49 Å². The third-order valence-corrected chi connectivity index (χ3v) is 8.77. The van der Waals surface area contributed by atoms with Crippen molar-refractivity contribution in [1.82, 2.24) is 19.1 Å². The van der Waals surface area contributed by atoms with Crippen molar-refractivity contribution < 1.29 is 0 Å². The summed E-state index contributed by atoms with van der Waals surface area (Å²) in [5.74, 6) is 0.779. The van der Waals surface area contributed by atoms with Crippen LogP contribution >= 0.6 is 0 Å². The van der Waals surface area contributed by atoms with Gasteiger partial charge in [-0.1, -0.05) is 25.8 Å². The molecular formula is C31H34N6O. The molecular weight excluding hydrogens is 472 g/mol. The number of fused-ring (bicyclic) bond motifs is 2. The summed E-state index contributed by atoms with van der Waals surface area (Å²) in [5.41, 5.74) is 5.71. The Morgan fingerprint density at radius 3 is 2.74 bits per heavy atom. The van der Waals surface area contributed by atoms with Crippen LogP contribution < -0.4 is 21.3 Å². The fourth-order valence-electron chi connectivity index (χ4n) is 6.35. The second-order valence-electron chi connectivity index (χ2n) is 11.4. The average Bonchev–Trinajstić information content (AvgIpc) is 3.33. The lowest BCUT2D eigenvalue weighted by Gasteiger charge is -2.29. The molecule has 2 fully saturated rings. The zero-order valence-corrected chi connectivity index (χ0v) is 22.1. The van der Waals surface area contributed by atoms with Gasteiger partial charge in [-0.2, -0.15) is 0 Å². The largest absolute Gasteiger partial charge is 0.372 e. The zero-order chi connectivity index (χ0) is 25.9. The van der Waals surface area contributed by atoms with Gasteiger partial charge in [0.2, 0.25) is 0 Å². The maximum absolute atomic E-state index is 13.3. The lowest BCUT2D eigenvalue weighted by molar-refractivity contribution is 0.438. The van der Waals surface area contributed by atoms with Gasteiger partial charge in [0.15, 0.2) is 0 Å². The Balaban J connectivity index is 1.23. The van der Waals surface area contributed by atoms with Gasteiger partial charge in [0.25, 0.3) is 0 Å². The van der Waals surface area contributed by atoms with Gasteiger partial charge in [0, 0.05) is 55.0 Å². The molecule has 0 bridgehead atoms. The Labute approximate surface area is 222 Å². The van der Waals surface area contributed by atoms with E-state index in [1.807, 2.05) is 18.6 Å². The van der Waals surface area contributed by atoms with E-state index >= 15 is 0 Å². The summed E-state index contributed by atoms with van der Waals surface area (Å²) in [6.45, 7) is 4.54. The highest BCUT2D eigenvalue weighted by Crippen LogP contribution is 2.53. The van der Waals surface area contributed by atoms with Crippen LogP contribution in [0.1, 0.15) is 44.6 Å². The molecule has 194 valence electrons. The third-order valence-electron chi connectivity index (χ3n) is 8.77. The van der Waals surface area contributed by atoms with Crippen molar-refractivity contribution in [3.8, 4) is 17.1 Å². The molecule has 1 aliphatic carbocycles. The first-order valence-electron chi connectivity index (χ1n) is 13.9. The number of nitrogens with one attached hydrogen (secondary N) is 1. The number of aromatic amines is 1. The van der Waals surface area contributed by atoms with Crippen LogP contribution in [0.2, 0.25) is 0 Å². The maximum atomic E-state index is 13.3. The number of aryl methyl sites for hydroxylation is 1. The van der Waals surface area contributed by atoms with Crippen LogP contribution in [-0.4, -0.2) is 38.2 Å². The van der Waals surface area contributed by atoms with Gasteiger partial charge in [-0.25, -0.2) is 4.79 Å². The van der Waals surface area contributed by atoms with E-state index in [2.05, 4.69) is 65.3 Å². The van der Waals surface area contributed by atoms with Crippen molar-refractivity contribution in [1.29, 1.82) is 0 Å². The fourth-order valence-corrected chi connectivity index (χ4v) is 6.35. The number of aromatic nitrogens is 4. The second kappa shape index (κ2) is 8.86. The summed E-state index contributed by atoms with van der Waals surface area (Å²) < 4.78 is 3.43. The van der Waals surface area contributed by atoms with E-state index in [1.165, 1.54) is 36.9 Å². The first kappa shape index (κ1) is 23.3. The predicted octanol–water partition coefficient (Wildman–Crippen LogP) is 3.71. The highest BCUT2D eigenvalue weighted by molar-refractivity contribution is 5.64. The molecule has 1 N–H and O–H groups in total. The first-order chi connectivity index (χ1) is 18.5. The molecule has 7 nitrogen and oxygen atoms in total. The molecule has 0 amide bonds. The van der Waals surface area contributed by atoms with Crippen LogP contribution in [0.25, 0.3) is 23.2 Å². The van der Waals surface area contributed by atoms with Crippen LogP contribution in [0.4, 0.5) is 5.69 Å². The average molecular weight is 507 g/mol. The van der Waals surface area contributed by atoms with Crippen LogP contribution in [-0.2, 0) is 12.5 Å². The normalized spacial score (nSPS) is 24.4. The Morgan fingerprint density at radius 2 is 1.87 bits per heavy atom. The van der Waals surface area contributed by atoms with Crippen molar-refractivity contribution in [3.63, 3.8) is 0 Å². The topological polar surface area (TPSA) is 71.2 Å². The highest BCUT2D eigenvalue weighted by Gasteiger charge is 2.55. The maximum Gasteiger partial charge on any atom is 0.333 e. The molecule has 7 heteroatoms. The summed E-state index contributed by atoms with van der Waals surface area (Å²) in [7, 11) is 1.80. The van der Waals surface area contributed by atoms with Gasteiger partial charge in [0.05, 0.1) is 23.1 Å². The molecule has 2 aliphatic heterocycles. The smallest absolute Gasteiger partial charge is 0.333 e. The Morgan fingerprint density at radius 1 is 1.03 bits per heavy atom. The summed E-state index contributed by atoms with van der Waals surface area (Å²) >= 11 is 0. The Hall–Kier alpha value is -3.87. The summed E-state index contributed by atoms with van der Waals surface area (Å²) in [6.07, 6.45) is 14.1. The molecule has 0 radical (unpaired) electrons. The molecule has 3 atom stereocenters. The second-order valence-corrected chi connectivity index (χ2v) is 11.4. The standard InChI is InChI=1S/C31H34N6O/c1-21-5-3-4-15-36(16-12-21)24-6-8-25(9-7-24)37-27(20-35(2)30(37)38)26-17-23(11-14-32-26)31-18-22-10-13-33-29(22)34-28(31)19-31/h6-11,13-14,17-18,20-21,28H,3-5,12,15-16,19H2,1-2H3,(H,33,34). The van der Waals surface area contributed by atoms with E-state index in [1.54, 1.807) is 16.2 Å². The predicted molar refractivity (Wildman–Crippen MR) is 150 cm³/mol. The summed E-state index contributed by atoms with van der Waals surface area (Å²) in [5, 5.41) is 1.16. The molecule has 3 aromatic heterocycles. The van der Waals surface area contributed by atoms with Crippen molar-refractivity contribution in [3.05, 3.63) is 87.8 Å². The SMILES string of the molecule is CC1CCCCN(c2ccc(-n3c(-c4cc(C56C=c7cc[nH]c7=NC5C6)ccn4)cn(C)c3=O)cc2)CC1. The molecule has 5 heterocycles. The zero-order valence-electron chi connectivity index (χ0n) is 22.1. The van der Waals surface area contributed by atoms with Crippen molar-refractivity contribution in [2.45, 2.75) is 50.5 Å². The van der Waals surface area contributed by atoms with Gasteiger partial charge in [-0.3, -0.25) is 14.5 Å². The van der Waals surface area contributed by atoms with E-state index in [4.69, 9.17) is 9.98 Å². The van der Waals surface area contributed by atoms with E-state index < -0.39 is 0 Å². The molecule has 1 saturated carbocycles. The van der Waals surface area contributed by atoms with Crippen LogP contribution in [0.15, 0.2) is 70.8 Å². The van der Waals surface area contributed by atoms with E-state index in [0.717, 1.165) is 53.2 Å². The minimum absolute atomic E-state index is 0.0707. The van der Waals surface area contributed by atoms with E-state index in [9.17, 15) is 4.79 Å². The minimum Gasteiger partial charge on any atom is -0.372 e. The van der Waals surface area contributed by atoms with Crippen molar-refractivity contribution in [2.24, 2.45) is 18.0 Å². The number of nitrogens with zero attached hydrogens (tertiary/aromatic N) is 5. The third kappa shape index (κ3) is 3.83. The van der Waals surface area contributed by atoms with Crippen molar-refractivity contribution >= 4 is 11.8 Å². The van der Waals surface area contributed by atoms with Crippen LogP contribution in [0, 0.1) is 5.92 Å². The molecule has 38 heavy (non-hydrogen) atoms. The van der Waals surface area contributed by atoms with Gasteiger partial charge in [-0.15, -0.1) is 0 Å². The molecule has 4 aromatic rings.